The molecule has 0 spiro atoms. The van der Waals surface area contributed by atoms with E-state index in [1.54, 1.807) is 6.20 Å². The number of carboxylic acid groups (broad SMARTS) is 1. The molecule has 15 heavy (non-hydrogen) atoms. The minimum Gasteiger partial charge on any atom is -0.481 e. The van der Waals surface area contributed by atoms with Gasteiger partial charge in [-0.15, -0.1) is 0 Å². The SMILES string of the molecule is Cc1cn[nH]c1-c1nc(CC(=O)O)no1. The van der Waals surface area contributed by atoms with Crippen LogP contribution in [0.3, 0.4) is 0 Å². The Kier molecular flexibility index (Phi) is 2.20. The molecule has 0 atom stereocenters. The van der Waals surface area contributed by atoms with Gasteiger partial charge in [0.25, 0.3) is 5.89 Å². The van der Waals surface area contributed by atoms with E-state index in [1.165, 1.54) is 0 Å². The number of hydrogen-bond acceptors (Lipinski definition) is 5. The highest BCUT2D eigenvalue weighted by atomic mass is 16.5. The minimum absolute atomic E-state index is 0.145. The minimum atomic E-state index is -0.997. The van der Waals surface area contributed by atoms with Crippen molar-refractivity contribution >= 4 is 5.97 Å². The molecule has 0 unspecified atom stereocenters. The van der Waals surface area contributed by atoms with Crippen molar-refractivity contribution in [1.82, 2.24) is 20.3 Å². The predicted molar refractivity (Wildman–Crippen MR) is 48.0 cm³/mol. The van der Waals surface area contributed by atoms with Crippen LogP contribution < -0.4 is 0 Å². The maximum Gasteiger partial charge on any atom is 0.311 e. The lowest BCUT2D eigenvalue weighted by molar-refractivity contribution is -0.136. The van der Waals surface area contributed by atoms with E-state index in [4.69, 9.17) is 9.63 Å². The van der Waals surface area contributed by atoms with Crippen molar-refractivity contribution in [2.45, 2.75) is 13.3 Å². The monoisotopic (exact) mass is 208 g/mol. The van der Waals surface area contributed by atoms with Gasteiger partial charge in [-0.25, -0.2) is 0 Å². The molecule has 2 heterocycles. The molecule has 0 aromatic carbocycles. The van der Waals surface area contributed by atoms with Crippen LogP contribution in [0, 0.1) is 6.92 Å². The van der Waals surface area contributed by atoms with Crippen molar-refractivity contribution in [3.63, 3.8) is 0 Å². The molecule has 2 N–H and O–H groups in total. The third-order valence-electron chi connectivity index (χ3n) is 1.82. The highest BCUT2D eigenvalue weighted by Crippen LogP contribution is 2.17. The van der Waals surface area contributed by atoms with E-state index < -0.39 is 5.97 Å². The van der Waals surface area contributed by atoms with E-state index in [-0.39, 0.29) is 18.1 Å². The number of hydrogen-bond donors (Lipinski definition) is 2. The Hall–Kier alpha value is -2.18. The quantitative estimate of drug-likeness (QED) is 0.756. The highest BCUT2D eigenvalue weighted by Gasteiger charge is 2.14. The van der Waals surface area contributed by atoms with Crippen LogP contribution >= 0.6 is 0 Å². The molecule has 0 saturated carbocycles. The molecular weight excluding hydrogens is 200 g/mol. The molecule has 0 bridgehead atoms. The van der Waals surface area contributed by atoms with Gasteiger partial charge in [0.2, 0.25) is 0 Å². The van der Waals surface area contributed by atoms with Gasteiger partial charge in [0.15, 0.2) is 5.82 Å². The number of rotatable bonds is 3. The predicted octanol–water partition coefficient (Wildman–Crippen LogP) is 0.395. The summed E-state index contributed by atoms with van der Waals surface area (Å²) < 4.78 is 4.90. The lowest BCUT2D eigenvalue weighted by Crippen LogP contribution is -2.01. The van der Waals surface area contributed by atoms with Gasteiger partial charge in [-0.3, -0.25) is 9.89 Å². The molecule has 0 radical (unpaired) electrons. The largest absolute Gasteiger partial charge is 0.481 e. The molecular formula is C8H8N4O3. The Morgan fingerprint density at radius 2 is 2.47 bits per heavy atom. The van der Waals surface area contributed by atoms with Crippen LogP contribution in [0.1, 0.15) is 11.4 Å². The van der Waals surface area contributed by atoms with Gasteiger partial charge in [-0.05, 0) is 12.5 Å². The summed E-state index contributed by atoms with van der Waals surface area (Å²) in [7, 11) is 0. The molecule has 0 aliphatic carbocycles. The van der Waals surface area contributed by atoms with Crippen molar-refractivity contribution in [1.29, 1.82) is 0 Å². The van der Waals surface area contributed by atoms with Crippen molar-refractivity contribution in [3.8, 4) is 11.6 Å². The maximum atomic E-state index is 10.4. The number of aliphatic carboxylic acids is 1. The van der Waals surface area contributed by atoms with E-state index in [1.807, 2.05) is 6.92 Å². The van der Waals surface area contributed by atoms with Gasteiger partial charge in [-0.2, -0.15) is 10.1 Å². The standard InChI is InChI=1S/C8H8N4O3/c1-4-3-9-11-7(4)8-10-5(12-15-8)2-6(13)14/h3H,2H2,1H3,(H,9,11)(H,13,14). The first-order chi connectivity index (χ1) is 7.16. The molecule has 2 aromatic heterocycles. The first-order valence-corrected chi connectivity index (χ1v) is 4.21. The van der Waals surface area contributed by atoms with Gasteiger partial charge in [0.05, 0.1) is 6.20 Å². The van der Waals surface area contributed by atoms with Crippen molar-refractivity contribution in [3.05, 3.63) is 17.6 Å². The molecule has 0 amide bonds. The van der Waals surface area contributed by atoms with E-state index in [0.29, 0.717) is 5.69 Å². The van der Waals surface area contributed by atoms with Crippen molar-refractivity contribution in [2.75, 3.05) is 0 Å². The zero-order chi connectivity index (χ0) is 10.8. The number of nitrogens with zero attached hydrogens (tertiary/aromatic N) is 3. The number of aryl methyl sites for hydroxylation is 1. The Morgan fingerprint density at radius 1 is 1.67 bits per heavy atom. The van der Waals surface area contributed by atoms with Gasteiger partial charge >= 0.3 is 5.97 Å². The summed E-state index contributed by atoms with van der Waals surface area (Å²) >= 11 is 0. The lowest BCUT2D eigenvalue weighted by atomic mass is 10.3. The number of aromatic amines is 1. The number of aromatic nitrogens is 4. The third kappa shape index (κ3) is 1.85. The maximum absolute atomic E-state index is 10.4. The molecule has 0 saturated heterocycles. The Bertz CT molecular complexity index is 488. The number of carboxylic acids is 1. The Labute approximate surface area is 84.1 Å². The Balaban J connectivity index is 2.28. The van der Waals surface area contributed by atoms with E-state index in [2.05, 4.69) is 20.3 Å². The highest BCUT2D eigenvalue weighted by molar-refractivity contribution is 5.69. The van der Waals surface area contributed by atoms with Crippen LogP contribution in [0.2, 0.25) is 0 Å². The second-order valence-corrected chi connectivity index (χ2v) is 3.01. The summed E-state index contributed by atoms with van der Waals surface area (Å²) in [6.45, 7) is 1.83. The average Bonchev–Trinajstić information content (AvgIpc) is 2.72. The molecule has 0 fully saturated rings. The lowest BCUT2D eigenvalue weighted by Gasteiger charge is -1.88. The van der Waals surface area contributed by atoms with Gasteiger partial charge in [0, 0.05) is 0 Å². The topological polar surface area (TPSA) is 105 Å². The first-order valence-electron chi connectivity index (χ1n) is 4.21. The Morgan fingerprint density at radius 3 is 3.07 bits per heavy atom. The normalized spacial score (nSPS) is 10.5. The molecule has 0 aliphatic rings. The molecule has 2 aromatic rings. The van der Waals surface area contributed by atoms with Crippen LogP contribution in [0.5, 0.6) is 0 Å². The van der Waals surface area contributed by atoms with Crippen molar-refractivity contribution in [2.24, 2.45) is 0 Å². The number of H-pyrrole nitrogens is 1. The summed E-state index contributed by atoms with van der Waals surface area (Å²) in [5.74, 6) is -0.601. The second kappa shape index (κ2) is 3.52. The van der Waals surface area contributed by atoms with Crippen molar-refractivity contribution < 1.29 is 14.4 Å². The van der Waals surface area contributed by atoms with Gasteiger partial charge in [-0.1, -0.05) is 5.16 Å². The molecule has 7 heteroatoms. The molecule has 0 aliphatic heterocycles. The van der Waals surface area contributed by atoms with Crippen LogP contribution in [-0.2, 0) is 11.2 Å². The zero-order valence-electron chi connectivity index (χ0n) is 7.89. The van der Waals surface area contributed by atoms with Crippen LogP contribution in [0.25, 0.3) is 11.6 Å². The number of carbonyl (C=O) groups is 1. The van der Waals surface area contributed by atoms with Crippen LogP contribution in [-0.4, -0.2) is 31.4 Å². The number of nitrogens with one attached hydrogen (secondary N) is 1. The van der Waals surface area contributed by atoms with Gasteiger partial charge < -0.3 is 9.63 Å². The zero-order valence-corrected chi connectivity index (χ0v) is 7.89. The average molecular weight is 208 g/mol. The fourth-order valence-corrected chi connectivity index (χ4v) is 1.13. The van der Waals surface area contributed by atoms with Gasteiger partial charge in [0.1, 0.15) is 12.1 Å². The second-order valence-electron chi connectivity index (χ2n) is 3.01. The summed E-state index contributed by atoms with van der Waals surface area (Å²) in [6.07, 6.45) is 1.37. The van der Waals surface area contributed by atoms with E-state index >= 15 is 0 Å². The fourth-order valence-electron chi connectivity index (χ4n) is 1.13. The smallest absolute Gasteiger partial charge is 0.311 e. The van der Waals surface area contributed by atoms with Crippen LogP contribution in [0.4, 0.5) is 0 Å². The fraction of sp³-hybridized carbons (Fsp3) is 0.250. The summed E-state index contributed by atoms with van der Waals surface area (Å²) in [5, 5.41) is 18.6. The van der Waals surface area contributed by atoms with E-state index in [0.717, 1.165) is 5.56 Å². The molecule has 7 nitrogen and oxygen atoms in total. The summed E-state index contributed by atoms with van der Waals surface area (Å²) in [6, 6.07) is 0. The summed E-state index contributed by atoms with van der Waals surface area (Å²) in [5.41, 5.74) is 1.47. The summed E-state index contributed by atoms with van der Waals surface area (Å²) in [4.78, 5) is 14.3. The van der Waals surface area contributed by atoms with E-state index in [9.17, 15) is 4.79 Å². The molecule has 78 valence electrons. The molecule has 2 rings (SSSR count). The van der Waals surface area contributed by atoms with Crippen LogP contribution in [0.15, 0.2) is 10.7 Å². The first kappa shape index (κ1) is 9.38. The third-order valence-corrected chi connectivity index (χ3v) is 1.82.